The van der Waals surface area contributed by atoms with Crippen molar-refractivity contribution in [2.75, 3.05) is 20.1 Å². The molecule has 0 radical (unpaired) electrons. The lowest BCUT2D eigenvalue weighted by Crippen LogP contribution is -2.45. The fourth-order valence-electron chi connectivity index (χ4n) is 3.82. The Morgan fingerprint density at radius 2 is 2.10 bits per heavy atom. The number of nitrogens with one attached hydrogen (secondary N) is 2. The number of likely N-dealkylation sites (tertiary alicyclic amines) is 1. The van der Waals surface area contributed by atoms with Gasteiger partial charge in [0.05, 0.1) is 0 Å². The smallest absolute Gasteiger partial charge is 0.225 e. The van der Waals surface area contributed by atoms with Crippen LogP contribution in [0.15, 0.2) is 23.3 Å². The molecule has 8 heteroatoms. The number of hydrogen-bond acceptors (Lipinski definition) is 4. The van der Waals surface area contributed by atoms with Gasteiger partial charge in [-0.1, -0.05) is 13.8 Å². The minimum Gasteiger partial charge on any atom is -0.474 e. The van der Waals surface area contributed by atoms with Crippen molar-refractivity contribution < 1.29 is 9.53 Å². The highest BCUT2D eigenvalue weighted by Gasteiger charge is 2.28. The summed E-state index contributed by atoms with van der Waals surface area (Å²) in [5.74, 6) is 1.72. The molecule has 2 N–H and O–H groups in total. The summed E-state index contributed by atoms with van der Waals surface area (Å²) in [4.78, 5) is 22.7. The number of hydrogen-bond donors (Lipinski definition) is 2. The van der Waals surface area contributed by atoms with E-state index in [2.05, 4.69) is 20.6 Å². The summed E-state index contributed by atoms with van der Waals surface area (Å²) < 4.78 is 5.99. The molecular formula is C21H34IN5O2. The van der Waals surface area contributed by atoms with E-state index in [0.717, 1.165) is 43.9 Å². The van der Waals surface area contributed by atoms with Gasteiger partial charge in [-0.2, -0.15) is 0 Å². The van der Waals surface area contributed by atoms with Crippen LogP contribution in [-0.4, -0.2) is 54.0 Å². The van der Waals surface area contributed by atoms with Gasteiger partial charge in [-0.15, -0.1) is 24.0 Å². The third-order valence-electron chi connectivity index (χ3n) is 5.41. The Morgan fingerprint density at radius 1 is 1.34 bits per heavy atom. The maximum absolute atomic E-state index is 12.1. The topological polar surface area (TPSA) is 78.9 Å². The fourth-order valence-corrected chi connectivity index (χ4v) is 3.82. The first-order valence-corrected chi connectivity index (χ1v) is 10.4. The Hall–Kier alpha value is -1.58. The van der Waals surface area contributed by atoms with Crippen molar-refractivity contribution in [3.8, 4) is 5.88 Å². The molecule has 2 fully saturated rings. The normalized spacial score (nSPS) is 19.9. The van der Waals surface area contributed by atoms with Crippen LogP contribution < -0.4 is 15.4 Å². The number of halogens is 1. The van der Waals surface area contributed by atoms with Gasteiger partial charge in [0.1, 0.15) is 6.10 Å². The molecule has 1 aromatic heterocycles. The second kappa shape index (κ2) is 11.6. The SMILES string of the molecule is CN=C(NCc1ccnc(OC2CCCC2)c1)NC1CCN(C(=O)C(C)C)C1.I. The molecule has 0 bridgehead atoms. The molecule has 1 aromatic rings. The molecule has 1 unspecified atom stereocenters. The van der Waals surface area contributed by atoms with E-state index in [4.69, 9.17) is 4.74 Å². The summed E-state index contributed by atoms with van der Waals surface area (Å²) in [6, 6.07) is 4.21. The van der Waals surface area contributed by atoms with Crippen molar-refractivity contribution in [3.63, 3.8) is 0 Å². The Labute approximate surface area is 191 Å². The molecule has 7 nitrogen and oxygen atoms in total. The van der Waals surface area contributed by atoms with E-state index in [1.54, 1.807) is 13.2 Å². The van der Waals surface area contributed by atoms with Gasteiger partial charge in [0.2, 0.25) is 11.8 Å². The maximum Gasteiger partial charge on any atom is 0.225 e. The second-order valence-electron chi connectivity index (χ2n) is 8.02. The van der Waals surface area contributed by atoms with Gasteiger partial charge in [0.15, 0.2) is 5.96 Å². The van der Waals surface area contributed by atoms with E-state index in [9.17, 15) is 4.79 Å². The van der Waals surface area contributed by atoms with E-state index < -0.39 is 0 Å². The zero-order chi connectivity index (χ0) is 19.9. The van der Waals surface area contributed by atoms with Gasteiger partial charge in [0, 0.05) is 50.9 Å². The Balaban J connectivity index is 0.00000300. The van der Waals surface area contributed by atoms with E-state index in [0.29, 0.717) is 18.5 Å². The van der Waals surface area contributed by atoms with Gasteiger partial charge in [-0.05, 0) is 43.7 Å². The molecule has 1 aliphatic heterocycles. The van der Waals surface area contributed by atoms with E-state index in [1.807, 2.05) is 30.9 Å². The van der Waals surface area contributed by atoms with E-state index >= 15 is 0 Å². The molecule has 1 amide bonds. The van der Waals surface area contributed by atoms with Crippen LogP contribution in [0.4, 0.5) is 0 Å². The number of carbonyl (C=O) groups is 1. The summed E-state index contributed by atoms with van der Waals surface area (Å²) in [5.41, 5.74) is 1.11. The molecule has 162 valence electrons. The predicted octanol–water partition coefficient (Wildman–Crippen LogP) is 2.94. The highest BCUT2D eigenvalue weighted by Crippen LogP contribution is 2.23. The predicted molar refractivity (Wildman–Crippen MR) is 126 cm³/mol. The lowest BCUT2D eigenvalue weighted by molar-refractivity contribution is -0.133. The zero-order valence-corrected chi connectivity index (χ0v) is 20.0. The van der Waals surface area contributed by atoms with Gasteiger partial charge >= 0.3 is 0 Å². The molecule has 3 rings (SSSR count). The number of amides is 1. The summed E-state index contributed by atoms with van der Waals surface area (Å²) in [7, 11) is 1.77. The number of aromatic nitrogens is 1. The molecule has 1 saturated carbocycles. The summed E-state index contributed by atoms with van der Waals surface area (Å²) in [6.07, 6.45) is 7.78. The van der Waals surface area contributed by atoms with Crippen molar-refractivity contribution in [3.05, 3.63) is 23.9 Å². The number of nitrogens with zero attached hydrogens (tertiary/aromatic N) is 3. The first kappa shape index (κ1) is 23.7. The molecular weight excluding hydrogens is 481 g/mol. The highest BCUT2D eigenvalue weighted by molar-refractivity contribution is 14.0. The monoisotopic (exact) mass is 515 g/mol. The third kappa shape index (κ3) is 7.01. The van der Waals surface area contributed by atoms with Gasteiger partial charge in [-0.25, -0.2) is 4.98 Å². The van der Waals surface area contributed by atoms with Crippen LogP contribution in [0.5, 0.6) is 5.88 Å². The maximum atomic E-state index is 12.1. The van der Waals surface area contributed by atoms with Crippen molar-refractivity contribution in [1.29, 1.82) is 0 Å². The molecule has 29 heavy (non-hydrogen) atoms. The van der Waals surface area contributed by atoms with Crippen molar-refractivity contribution in [2.45, 2.75) is 64.6 Å². The minimum atomic E-state index is 0. The van der Waals surface area contributed by atoms with Gasteiger partial charge < -0.3 is 20.3 Å². The molecule has 0 aromatic carbocycles. The largest absolute Gasteiger partial charge is 0.474 e. The molecule has 2 heterocycles. The van der Waals surface area contributed by atoms with Crippen LogP contribution in [0.1, 0.15) is 51.5 Å². The van der Waals surface area contributed by atoms with E-state index in [1.165, 1.54) is 12.8 Å². The first-order chi connectivity index (χ1) is 13.5. The number of carbonyl (C=O) groups excluding carboxylic acids is 1. The van der Waals surface area contributed by atoms with Crippen LogP contribution in [0.3, 0.4) is 0 Å². The minimum absolute atomic E-state index is 0. The number of rotatable bonds is 6. The van der Waals surface area contributed by atoms with Crippen molar-refractivity contribution >= 4 is 35.8 Å². The number of pyridine rings is 1. The summed E-state index contributed by atoms with van der Waals surface area (Å²) in [6.45, 7) is 6.07. The number of guanidine groups is 1. The van der Waals surface area contributed by atoms with Crippen LogP contribution in [0.2, 0.25) is 0 Å². The van der Waals surface area contributed by atoms with Crippen LogP contribution in [-0.2, 0) is 11.3 Å². The number of ether oxygens (including phenoxy) is 1. The molecule has 1 saturated heterocycles. The third-order valence-corrected chi connectivity index (χ3v) is 5.41. The van der Waals surface area contributed by atoms with Crippen LogP contribution >= 0.6 is 24.0 Å². The zero-order valence-electron chi connectivity index (χ0n) is 17.7. The summed E-state index contributed by atoms with van der Waals surface area (Å²) in [5, 5.41) is 6.78. The lowest BCUT2D eigenvalue weighted by Gasteiger charge is -2.20. The highest BCUT2D eigenvalue weighted by atomic mass is 127. The standard InChI is InChI=1S/C21H33N5O2.HI/c1-15(2)20(27)26-11-9-17(14-26)25-21(22-3)24-13-16-8-10-23-19(12-16)28-18-6-4-5-7-18;/h8,10,12,15,17-18H,4-7,9,11,13-14H2,1-3H3,(H2,22,24,25);1H. The molecule has 0 spiro atoms. The van der Waals surface area contributed by atoms with Crippen LogP contribution in [0.25, 0.3) is 0 Å². The second-order valence-corrected chi connectivity index (χ2v) is 8.02. The Kier molecular flexibility index (Phi) is 9.45. The van der Waals surface area contributed by atoms with Crippen molar-refractivity contribution in [2.24, 2.45) is 10.9 Å². The average Bonchev–Trinajstić information content (AvgIpc) is 3.36. The van der Waals surface area contributed by atoms with E-state index in [-0.39, 0.29) is 41.8 Å². The molecule has 1 aliphatic carbocycles. The number of aliphatic imine (C=N–C) groups is 1. The molecule has 2 aliphatic rings. The lowest BCUT2D eigenvalue weighted by atomic mass is 10.2. The fraction of sp³-hybridized carbons (Fsp3) is 0.667. The quantitative estimate of drug-likeness (QED) is 0.346. The Morgan fingerprint density at radius 3 is 2.79 bits per heavy atom. The molecule has 1 atom stereocenters. The van der Waals surface area contributed by atoms with Crippen LogP contribution in [0, 0.1) is 5.92 Å². The Bertz CT molecular complexity index is 691. The van der Waals surface area contributed by atoms with Gasteiger partial charge in [0.25, 0.3) is 0 Å². The first-order valence-electron chi connectivity index (χ1n) is 10.4. The van der Waals surface area contributed by atoms with Gasteiger partial charge in [-0.3, -0.25) is 9.79 Å². The van der Waals surface area contributed by atoms with Crippen molar-refractivity contribution in [1.82, 2.24) is 20.5 Å². The summed E-state index contributed by atoms with van der Waals surface area (Å²) >= 11 is 0. The average molecular weight is 515 g/mol.